The van der Waals surface area contributed by atoms with E-state index in [1.54, 1.807) is 0 Å². The van der Waals surface area contributed by atoms with E-state index in [1.807, 2.05) is 11.8 Å². The van der Waals surface area contributed by atoms with E-state index >= 15 is 0 Å². The van der Waals surface area contributed by atoms with Gasteiger partial charge in [0, 0.05) is 32.8 Å². The third kappa shape index (κ3) is 3.27. The van der Waals surface area contributed by atoms with Gasteiger partial charge in [0.1, 0.15) is 6.61 Å². The summed E-state index contributed by atoms with van der Waals surface area (Å²) in [6, 6.07) is 0. The van der Waals surface area contributed by atoms with Gasteiger partial charge < -0.3 is 14.5 Å². The smallest absolute Gasteiger partial charge is 0.248 e. The Bertz CT molecular complexity index is 177. The molecule has 0 unspecified atom stereocenters. The number of piperazine rings is 1. The van der Waals surface area contributed by atoms with Crippen molar-refractivity contribution in [3.05, 3.63) is 0 Å². The van der Waals surface area contributed by atoms with Gasteiger partial charge in [-0.15, -0.1) is 0 Å². The van der Waals surface area contributed by atoms with Crippen molar-refractivity contribution in [2.24, 2.45) is 0 Å². The van der Waals surface area contributed by atoms with Crippen molar-refractivity contribution in [3.63, 3.8) is 0 Å². The Balaban J connectivity index is 2.23. The molecule has 1 saturated heterocycles. The molecule has 0 bridgehead atoms. The molecule has 1 aliphatic rings. The lowest BCUT2D eigenvalue weighted by Gasteiger charge is -2.33. The summed E-state index contributed by atoms with van der Waals surface area (Å²) in [6.07, 6.45) is 0. The zero-order chi connectivity index (χ0) is 10.4. The number of hydrogen-bond acceptors (Lipinski definition) is 3. The molecule has 0 aromatic carbocycles. The summed E-state index contributed by atoms with van der Waals surface area (Å²) in [4.78, 5) is 15.8. The third-order valence-electron chi connectivity index (χ3n) is 2.60. The summed E-state index contributed by atoms with van der Waals surface area (Å²) in [5.74, 6) is 0.127. The molecule has 0 aromatic rings. The number of nitrogens with zero attached hydrogens (tertiary/aromatic N) is 2. The van der Waals surface area contributed by atoms with Crippen molar-refractivity contribution in [1.29, 1.82) is 0 Å². The van der Waals surface area contributed by atoms with Crippen LogP contribution in [-0.4, -0.2) is 61.6 Å². The normalized spacial score (nSPS) is 18.6. The summed E-state index contributed by atoms with van der Waals surface area (Å²) < 4.78 is 5.10. The highest BCUT2D eigenvalue weighted by Gasteiger charge is 2.19. The van der Waals surface area contributed by atoms with E-state index in [2.05, 4.69) is 11.8 Å². The van der Waals surface area contributed by atoms with Gasteiger partial charge in [-0.2, -0.15) is 0 Å². The van der Waals surface area contributed by atoms with Gasteiger partial charge in [0.15, 0.2) is 0 Å². The van der Waals surface area contributed by atoms with Crippen molar-refractivity contribution in [3.8, 4) is 0 Å². The molecule has 0 saturated carbocycles. The molecule has 0 spiro atoms. The number of rotatable bonds is 4. The zero-order valence-electron chi connectivity index (χ0n) is 9.16. The minimum absolute atomic E-state index is 0.127. The van der Waals surface area contributed by atoms with Crippen molar-refractivity contribution in [2.45, 2.75) is 13.8 Å². The molecule has 1 aliphatic heterocycles. The lowest BCUT2D eigenvalue weighted by molar-refractivity contribution is -0.137. The highest BCUT2D eigenvalue weighted by molar-refractivity contribution is 5.77. The average Bonchev–Trinajstić information content (AvgIpc) is 2.26. The Morgan fingerprint density at radius 1 is 1.21 bits per heavy atom. The largest absolute Gasteiger partial charge is 0.372 e. The van der Waals surface area contributed by atoms with E-state index in [4.69, 9.17) is 4.74 Å². The van der Waals surface area contributed by atoms with Gasteiger partial charge in [0.25, 0.3) is 0 Å². The first-order valence-electron chi connectivity index (χ1n) is 5.35. The lowest BCUT2D eigenvalue weighted by atomic mass is 10.3. The zero-order valence-corrected chi connectivity index (χ0v) is 9.16. The van der Waals surface area contributed by atoms with Crippen LogP contribution in [0.4, 0.5) is 0 Å². The van der Waals surface area contributed by atoms with Gasteiger partial charge in [-0.3, -0.25) is 4.79 Å². The Kier molecular flexibility index (Phi) is 4.90. The van der Waals surface area contributed by atoms with Crippen LogP contribution in [0.5, 0.6) is 0 Å². The molecule has 1 heterocycles. The van der Waals surface area contributed by atoms with Crippen LogP contribution < -0.4 is 0 Å². The lowest BCUT2D eigenvalue weighted by Crippen LogP contribution is -2.49. The molecule has 0 aromatic heterocycles. The minimum atomic E-state index is 0.127. The van der Waals surface area contributed by atoms with E-state index in [-0.39, 0.29) is 12.5 Å². The molecular weight excluding hydrogens is 180 g/mol. The molecule has 0 N–H and O–H groups in total. The van der Waals surface area contributed by atoms with E-state index in [0.29, 0.717) is 6.61 Å². The molecule has 0 radical (unpaired) electrons. The van der Waals surface area contributed by atoms with E-state index in [9.17, 15) is 4.79 Å². The van der Waals surface area contributed by atoms with Crippen LogP contribution in [0.2, 0.25) is 0 Å². The minimum Gasteiger partial charge on any atom is -0.372 e. The molecule has 0 atom stereocenters. The van der Waals surface area contributed by atoms with Crippen molar-refractivity contribution >= 4 is 5.91 Å². The fraction of sp³-hybridized carbons (Fsp3) is 0.900. The average molecular weight is 200 g/mol. The summed E-state index contributed by atoms with van der Waals surface area (Å²) in [5.41, 5.74) is 0. The first kappa shape index (κ1) is 11.5. The predicted octanol–water partition coefficient (Wildman–Crippen LogP) is 0.187. The predicted molar refractivity (Wildman–Crippen MR) is 55.2 cm³/mol. The molecule has 82 valence electrons. The second-order valence-electron chi connectivity index (χ2n) is 3.45. The first-order valence-corrected chi connectivity index (χ1v) is 5.35. The van der Waals surface area contributed by atoms with Gasteiger partial charge in [0.05, 0.1) is 0 Å². The fourth-order valence-electron chi connectivity index (χ4n) is 1.59. The van der Waals surface area contributed by atoms with Gasteiger partial charge >= 0.3 is 0 Å². The van der Waals surface area contributed by atoms with Gasteiger partial charge in [-0.25, -0.2) is 0 Å². The monoisotopic (exact) mass is 200 g/mol. The number of carbonyl (C=O) groups excluding carboxylic acids is 1. The molecule has 1 amide bonds. The molecule has 4 heteroatoms. The maximum atomic E-state index is 11.5. The number of carbonyl (C=O) groups is 1. The number of ether oxygens (including phenoxy) is 1. The summed E-state index contributed by atoms with van der Waals surface area (Å²) in [6.45, 7) is 9.67. The number of hydrogen-bond donors (Lipinski definition) is 0. The molecule has 14 heavy (non-hydrogen) atoms. The Hall–Kier alpha value is -0.610. The van der Waals surface area contributed by atoms with Crippen LogP contribution in [-0.2, 0) is 9.53 Å². The van der Waals surface area contributed by atoms with Crippen LogP contribution in [0.1, 0.15) is 13.8 Å². The molecule has 1 fully saturated rings. The SMILES string of the molecule is CCOCC(=O)N1CCN(CC)CC1. The molecule has 4 nitrogen and oxygen atoms in total. The first-order chi connectivity index (χ1) is 6.77. The fourth-order valence-corrected chi connectivity index (χ4v) is 1.59. The van der Waals surface area contributed by atoms with Crippen LogP contribution >= 0.6 is 0 Å². The second kappa shape index (κ2) is 5.98. The Morgan fingerprint density at radius 2 is 1.86 bits per heavy atom. The summed E-state index contributed by atoms with van der Waals surface area (Å²) >= 11 is 0. The number of amides is 1. The van der Waals surface area contributed by atoms with Crippen LogP contribution in [0.3, 0.4) is 0 Å². The maximum Gasteiger partial charge on any atom is 0.248 e. The van der Waals surface area contributed by atoms with Gasteiger partial charge in [-0.05, 0) is 13.5 Å². The van der Waals surface area contributed by atoms with Crippen molar-refractivity contribution < 1.29 is 9.53 Å². The Morgan fingerprint density at radius 3 is 2.36 bits per heavy atom. The van der Waals surface area contributed by atoms with Crippen LogP contribution in [0, 0.1) is 0 Å². The quantitative estimate of drug-likeness (QED) is 0.649. The van der Waals surface area contributed by atoms with Gasteiger partial charge in [0.2, 0.25) is 5.91 Å². The molecular formula is C10H20N2O2. The van der Waals surface area contributed by atoms with Gasteiger partial charge in [-0.1, -0.05) is 6.92 Å². The summed E-state index contributed by atoms with van der Waals surface area (Å²) in [7, 11) is 0. The van der Waals surface area contributed by atoms with E-state index < -0.39 is 0 Å². The van der Waals surface area contributed by atoms with E-state index in [0.717, 1.165) is 32.7 Å². The topological polar surface area (TPSA) is 32.8 Å². The van der Waals surface area contributed by atoms with Crippen LogP contribution in [0.25, 0.3) is 0 Å². The molecule has 1 rings (SSSR count). The maximum absolute atomic E-state index is 11.5. The standard InChI is InChI=1S/C10H20N2O2/c1-3-11-5-7-12(8-6-11)10(13)9-14-4-2/h3-9H2,1-2H3. The highest BCUT2D eigenvalue weighted by atomic mass is 16.5. The third-order valence-corrected chi connectivity index (χ3v) is 2.60. The number of likely N-dealkylation sites (N-methyl/N-ethyl adjacent to an activating group) is 1. The molecule has 0 aliphatic carbocycles. The van der Waals surface area contributed by atoms with Crippen molar-refractivity contribution in [1.82, 2.24) is 9.80 Å². The Labute approximate surface area is 85.8 Å². The van der Waals surface area contributed by atoms with Crippen LogP contribution in [0.15, 0.2) is 0 Å². The van der Waals surface area contributed by atoms with E-state index in [1.165, 1.54) is 0 Å². The van der Waals surface area contributed by atoms with Crippen molar-refractivity contribution in [2.75, 3.05) is 45.9 Å². The second-order valence-corrected chi connectivity index (χ2v) is 3.45. The summed E-state index contributed by atoms with van der Waals surface area (Å²) in [5, 5.41) is 0. The highest BCUT2D eigenvalue weighted by Crippen LogP contribution is 2.01.